The van der Waals surface area contributed by atoms with Crippen molar-refractivity contribution in [3.05, 3.63) is 96.6 Å². The normalized spacial score (nSPS) is 17.9. The van der Waals surface area contributed by atoms with Gasteiger partial charge in [-0.15, -0.1) is 0 Å². The lowest BCUT2D eigenvalue weighted by molar-refractivity contribution is -0.134. The Labute approximate surface area is 219 Å². The summed E-state index contributed by atoms with van der Waals surface area (Å²) < 4.78 is 21.8. The highest BCUT2D eigenvalue weighted by Crippen LogP contribution is 2.46. The molecule has 1 saturated heterocycles. The van der Waals surface area contributed by atoms with E-state index in [-0.39, 0.29) is 11.9 Å². The Kier molecular flexibility index (Phi) is 6.07. The van der Waals surface area contributed by atoms with Crippen molar-refractivity contribution in [3.8, 4) is 0 Å². The zero-order valence-electron chi connectivity index (χ0n) is 20.8. The van der Waals surface area contributed by atoms with Crippen molar-refractivity contribution >= 4 is 56.1 Å². The summed E-state index contributed by atoms with van der Waals surface area (Å²) in [5, 5.41) is 6.50. The number of carbonyl (C=O) groups is 1. The maximum Gasteiger partial charge on any atom is 0.260 e. The molecule has 0 aliphatic carbocycles. The van der Waals surface area contributed by atoms with Crippen LogP contribution in [0.15, 0.2) is 85.1 Å². The Morgan fingerprint density at radius 3 is 2.35 bits per heavy atom. The predicted octanol–water partition coefficient (Wildman–Crippen LogP) is 7.06. The Balaban J connectivity index is 1.52. The molecule has 37 heavy (non-hydrogen) atoms. The molecule has 2 atom stereocenters. The minimum Gasteiger partial charge on any atom is -0.297 e. The first-order valence-electron chi connectivity index (χ1n) is 12.3. The Morgan fingerprint density at radius 2 is 1.62 bits per heavy atom. The molecule has 4 aromatic carbocycles. The molecule has 2 heterocycles. The lowest BCUT2D eigenvalue weighted by atomic mass is 9.90. The van der Waals surface area contributed by atoms with Gasteiger partial charge in [0.15, 0.2) is 6.10 Å². The van der Waals surface area contributed by atoms with Crippen molar-refractivity contribution in [2.75, 3.05) is 11.9 Å². The molecule has 7 heteroatoms. The Morgan fingerprint density at radius 1 is 0.919 bits per heavy atom. The number of anilines is 1. The average molecular weight is 512 g/mol. The first-order chi connectivity index (χ1) is 17.9. The van der Waals surface area contributed by atoms with Crippen LogP contribution in [0.25, 0.3) is 32.3 Å². The predicted molar refractivity (Wildman–Crippen MR) is 149 cm³/mol. The fraction of sp³-hybridized carbons (Fsp3) is 0.200. The first kappa shape index (κ1) is 23.9. The fourth-order valence-electron chi connectivity index (χ4n) is 4.92. The summed E-state index contributed by atoms with van der Waals surface area (Å²) in [6, 6.07) is 25.5. The van der Waals surface area contributed by atoms with Gasteiger partial charge in [-0.25, -0.2) is 8.70 Å². The molecule has 1 aliphatic rings. The number of benzene rings is 4. The number of halogens is 1. The highest BCUT2D eigenvalue weighted by Gasteiger charge is 2.52. The summed E-state index contributed by atoms with van der Waals surface area (Å²) in [7, 11) is 1.92. The van der Waals surface area contributed by atoms with E-state index in [9.17, 15) is 9.18 Å². The number of aromatic nitrogens is 1. The van der Waals surface area contributed by atoms with Gasteiger partial charge in [0.25, 0.3) is 5.91 Å². The monoisotopic (exact) mass is 511 g/mol. The van der Waals surface area contributed by atoms with Crippen molar-refractivity contribution in [3.63, 3.8) is 0 Å². The van der Waals surface area contributed by atoms with Gasteiger partial charge in [-0.3, -0.25) is 18.9 Å². The third kappa shape index (κ3) is 4.03. The average Bonchev–Trinajstić information content (AvgIpc) is 2.92. The summed E-state index contributed by atoms with van der Waals surface area (Å²) >= 11 is 1.16. The number of amides is 1. The van der Waals surface area contributed by atoms with Gasteiger partial charge < -0.3 is 0 Å². The van der Waals surface area contributed by atoms with Crippen LogP contribution in [-0.4, -0.2) is 34.4 Å². The lowest BCUT2D eigenvalue weighted by Crippen LogP contribution is -2.60. The molecule has 0 saturated carbocycles. The summed E-state index contributed by atoms with van der Waals surface area (Å²) in [5.41, 5.74) is 1.38. The SMILES string of the molecule is CC(C)N(C)SOC1C(=O)N(c2cc3c4ccccc4ccc3c3ccccc23)C1c1ccc(F)cn1. The van der Waals surface area contributed by atoms with Gasteiger partial charge in [-0.1, -0.05) is 60.7 Å². The number of pyridine rings is 1. The molecule has 186 valence electrons. The molecular formula is C30H26FN3O2S. The van der Waals surface area contributed by atoms with Gasteiger partial charge in [0.2, 0.25) is 0 Å². The molecule has 1 amide bonds. The van der Waals surface area contributed by atoms with E-state index in [2.05, 4.69) is 55.2 Å². The number of carbonyl (C=O) groups excluding carboxylic acids is 1. The summed E-state index contributed by atoms with van der Waals surface area (Å²) in [6.07, 6.45) is 0.443. The van der Waals surface area contributed by atoms with Crippen LogP contribution < -0.4 is 4.90 Å². The number of β-lactam (4-membered cyclic amide) rings is 1. The first-order valence-corrected chi connectivity index (χ1v) is 13.0. The third-order valence-electron chi connectivity index (χ3n) is 7.10. The standard InChI is InChI=1S/C30H26FN3O2S/c1-18(2)33(3)37-36-29-28(26-15-13-20(31)17-32-26)34(30(29)35)27-16-25-21-9-5-4-8-19(21)12-14-23(25)22-10-6-7-11-24(22)27/h4-18,28-29H,1-3H3. The van der Waals surface area contributed by atoms with Crippen molar-refractivity contribution < 1.29 is 13.4 Å². The van der Waals surface area contributed by atoms with Gasteiger partial charge in [0, 0.05) is 11.4 Å². The Hall–Kier alpha value is -3.52. The molecular weight excluding hydrogens is 485 g/mol. The maximum absolute atomic E-state index is 13.8. The van der Waals surface area contributed by atoms with Crippen molar-refractivity contribution in [2.45, 2.75) is 32.0 Å². The van der Waals surface area contributed by atoms with E-state index >= 15 is 0 Å². The molecule has 0 bridgehead atoms. The van der Waals surface area contributed by atoms with Crippen molar-refractivity contribution in [1.82, 2.24) is 9.29 Å². The van der Waals surface area contributed by atoms with Crippen molar-refractivity contribution in [2.24, 2.45) is 0 Å². The topological polar surface area (TPSA) is 45.7 Å². The molecule has 5 nitrogen and oxygen atoms in total. The van der Waals surface area contributed by atoms with Crippen LogP contribution >= 0.6 is 12.2 Å². The quantitative estimate of drug-likeness (QED) is 0.106. The Bertz CT molecular complexity index is 1640. The second-order valence-electron chi connectivity index (χ2n) is 9.61. The van der Waals surface area contributed by atoms with Crippen LogP contribution in [0, 0.1) is 5.82 Å². The molecule has 1 fully saturated rings. The van der Waals surface area contributed by atoms with Gasteiger partial charge in [-0.2, -0.15) is 0 Å². The number of rotatable bonds is 6. The molecule has 0 N–H and O–H groups in total. The van der Waals surface area contributed by atoms with Gasteiger partial charge in [0.05, 0.1) is 29.8 Å². The third-order valence-corrected chi connectivity index (χ3v) is 8.05. The molecule has 0 spiro atoms. The van der Waals surface area contributed by atoms with Crippen LogP contribution in [0.5, 0.6) is 0 Å². The van der Waals surface area contributed by atoms with E-state index < -0.39 is 18.0 Å². The maximum atomic E-state index is 13.8. The number of hydrogen-bond donors (Lipinski definition) is 0. The number of hydrogen-bond acceptors (Lipinski definition) is 5. The molecule has 1 aliphatic heterocycles. The van der Waals surface area contributed by atoms with E-state index in [1.807, 2.05) is 41.7 Å². The van der Waals surface area contributed by atoms with E-state index in [0.29, 0.717) is 5.69 Å². The molecule has 2 unspecified atom stereocenters. The fourth-order valence-corrected chi connectivity index (χ4v) is 5.50. The van der Waals surface area contributed by atoms with Crippen molar-refractivity contribution in [1.29, 1.82) is 0 Å². The largest absolute Gasteiger partial charge is 0.297 e. The van der Waals surface area contributed by atoms with Crippen LogP contribution in [0.1, 0.15) is 25.6 Å². The van der Waals surface area contributed by atoms with Gasteiger partial charge in [0.1, 0.15) is 11.9 Å². The minimum absolute atomic E-state index is 0.148. The smallest absolute Gasteiger partial charge is 0.260 e. The van der Waals surface area contributed by atoms with Crippen LogP contribution in [0.2, 0.25) is 0 Å². The highest BCUT2D eigenvalue weighted by molar-refractivity contribution is 7.92. The molecule has 6 rings (SSSR count). The summed E-state index contributed by atoms with van der Waals surface area (Å²) in [4.78, 5) is 19.8. The minimum atomic E-state index is -0.744. The van der Waals surface area contributed by atoms with Crippen LogP contribution in [-0.2, 0) is 8.98 Å². The van der Waals surface area contributed by atoms with Crippen LogP contribution in [0.3, 0.4) is 0 Å². The highest BCUT2D eigenvalue weighted by atomic mass is 32.2. The van der Waals surface area contributed by atoms with E-state index in [0.717, 1.165) is 50.2 Å². The van der Waals surface area contributed by atoms with Gasteiger partial charge in [-0.05, 0) is 66.0 Å². The lowest BCUT2D eigenvalue weighted by Gasteiger charge is -2.46. The zero-order chi connectivity index (χ0) is 25.7. The molecule has 1 aromatic heterocycles. The summed E-state index contributed by atoms with van der Waals surface area (Å²) in [5.74, 6) is -0.569. The second-order valence-corrected chi connectivity index (χ2v) is 10.5. The zero-order valence-corrected chi connectivity index (χ0v) is 21.6. The number of nitrogens with zero attached hydrogens (tertiary/aromatic N) is 3. The summed E-state index contributed by atoms with van der Waals surface area (Å²) in [6.45, 7) is 4.10. The van der Waals surface area contributed by atoms with E-state index in [1.165, 1.54) is 12.3 Å². The van der Waals surface area contributed by atoms with Gasteiger partial charge >= 0.3 is 0 Å². The van der Waals surface area contributed by atoms with E-state index in [4.69, 9.17) is 4.18 Å². The number of fused-ring (bicyclic) bond motifs is 5. The van der Waals surface area contributed by atoms with E-state index in [1.54, 1.807) is 11.0 Å². The van der Waals surface area contributed by atoms with Crippen LogP contribution in [0.4, 0.5) is 10.1 Å². The molecule has 0 radical (unpaired) electrons. The second kappa shape index (κ2) is 9.41. The molecule has 5 aromatic rings.